The number of hydrogen-bond acceptors (Lipinski definition) is 8. The van der Waals surface area contributed by atoms with Gasteiger partial charge in [0.25, 0.3) is 5.91 Å². The Labute approximate surface area is 299 Å². The molecule has 1 aromatic heterocycles. The summed E-state index contributed by atoms with van der Waals surface area (Å²) in [6.45, 7) is 0.847. The zero-order valence-corrected chi connectivity index (χ0v) is 28.6. The maximum Gasteiger partial charge on any atom is 0.416 e. The van der Waals surface area contributed by atoms with Gasteiger partial charge in [-0.2, -0.15) is 13.2 Å². The summed E-state index contributed by atoms with van der Waals surface area (Å²) < 4.78 is 62.7. The SMILES string of the molecule is COc1cc2c(Oc3ccc(NC(=O)c4ccc(C(F)(F)F)cc4)cc3)ccnc2cc1OCCC(NCc1ccccc1)C(O)OC1CCCC1. The highest BCUT2D eigenvalue weighted by molar-refractivity contribution is 6.04. The number of aliphatic hydroxyl groups is 1. The van der Waals surface area contributed by atoms with Crippen molar-refractivity contribution in [2.45, 2.75) is 63.3 Å². The fourth-order valence-electron chi connectivity index (χ4n) is 6.04. The van der Waals surface area contributed by atoms with Gasteiger partial charge < -0.3 is 34.7 Å². The first-order valence-corrected chi connectivity index (χ1v) is 17.1. The van der Waals surface area contributed by atoms with E-state index in [0.29, 0.717) is 52.6 Å². The molecule has 0 saturated heterocycles. The van der Waals surface area contributed by atoms with E-state index in [0.717, 1.165) is 55.5 Å². The Hall–Kier alpha value is -5.17. The molecular weight excluding hydrogens is 675 g/mol. The Bertz CT molecular complexity index is 1920. The second-order valence-electron chi connectivity index (χ2n) is 12.5. The van der Waals surface area contributed by atoms with Crippen molar-refractivity contribution in [3.8, 4) is 23.0 Å². The quantitative estimate of drug-likeness (QED) is 0.0926. The largest absolute Gasteiger partial charge is 0.493 e. The summed E-state index contributed by atoms with van der Waals surface area (Å²) in [7, 11) is 1.55. The third-order valence-corrected chi connectivity index (χ3v) is 8.88. The smallest absolute Gasteiger partial charge is 0.416 e. The number of aliphatic hydroxyl groups excluding tert-OH is 1. The fourth-order valence-corrected chi connectivity index (χ4v) is 6.04. The Morgan fingerprint density at radius 3 is 2.35 bits per heavy atom. The predicted molar refractivity (Wildman–Crippen MR) is 191 cm³/mol. The van der Waals surface area contributed by atoms with E-state index in [-0.39, 0.29) is 24.3 Å². The van der Waals surface area contributed by atoms with Gasteiger partial charge in [0, 0.05) is 41.9 Å². The maximum atomic E-state index is 12.9. The lowest BCUT2D eigenvalue weighted by Gasteiger charge is -2.27. The Morgan fingerprint density at radius 2 is 1.65 bits per heavy atom. The molecule has 1 aliphatic rings. The topological polar surface area (TPSA) is 111 Å². The van der Waals surface area contributed by atoms with Crippen molar-refractivity contribution in [1.82, 2.24) is 10.3 Å². The average molecular weight is 716 g/mol. The Balaban J connectivity index is 1.09. The number of anilines is 1. The number of aromatic nitrogens is 1. The van der Waals surface area contributed by atoms with Crippen LogP contribution in [0, 0.1) is 0 Å². The molecule has 2 atom stereocenters. The number of ether oxygens (including phenoxy) is 4. The van der Waals surface area contributed by atoms with Gasteiger partial charge in [0.2, 0.25) is 0 Å². The number of methoxy groups -OCH3 is 1. The van der Waals surface area contributed by atoms with Crippen molar-refractivity contribution in [1.29, 1.82) is 0 Å². The first kappa shape index (κ1) is 36.6. The molecule has 9 nitrogen and oxygen atoms in total. The molecule has 1 amide bonds. The number of amides is 1. The molecule has 3 N–H and O–H groups in total. The highest BCUT2D eigenvalue weighted by atomic mass is 19.4. The number of halogens is 3. The number of fused-ring (bicyclic) bond motifs is 1. The number of benzene rings is 4. The van der Waals surface area contributed by atoms with Crippen LogP contribution in [0.3, 0.4) is 0 Å². The van der Waals surface area contributed by atoms with Crippen LogP contribution in [0.15, 0.2) is 103 Å². The molecule has 5 aromatic rings. The molecule has 0 radical (unpaired) electrons. The Kier molecular flexibility index (Phi) is 11.9. The van der Waals surface area contributed by atoms with Gasteiger partial charge in [-0.25, -0.2) is 0 Å². The molecule has 52 heavy (non-hydrogen) atoms. The molecule has 1 saturated carbocycles. The van der Waals surface area contributed by atoms with Gasteiger partial charge in [-0.1, -0.05) is 43.2 Å². The minimum atomic E-state index is -4.48. The molecule has 1 aliphatic carbocycles. The minimum absolute atomic E-state index is 0.0553. The summed E-state index contributed by atoms with van der Waals surface area (Å²) in [4.78, 5) is 17.1. The van der Waals surface area contributed by atoms with Crippen LogP contribution in [0.4, 0.5) is 18.9 Å². The number of nitrogens with one attached hydrogen (secondary N) is 2. The van der Waals surface area contributed by atoms with Crippen molar-refractivity contribution < 1.29 is 42.0 Å². The lowest BCUT2D eigenvalue weighted by Crippen LogP contribution is -2.43. The number of carbonyl (C=O) groups excluding carboxylic acids is 1. The maximum absolute atomic E-state index is 12.9. The summed E-state index contributed by atoms with van der Waals surface area (Å²) >= 11 is 0. The van der Waals surface area contributed by atoms with Gasteiger partial charge in [-0.15, -0.1) is 0 Å². The van der Waals surface area contributed by atoms with E-state index in [1.54, 1.807) is 55.8 Å². The highest BCUT2D eigenvalue weighted by Gasteiger charge is 2.30. The van der Waals surface area contributed by atoms with Crippen LogP contribution < -0.4 is 24.8 Å². The van der Waals surface area contributed by atoms with Crippen LogP contribution >= 0.6 is 0 Å². The normalized spacial score (nSPS) is 14.6. The number of pyridine rings is 1. The summed E-state index contributed by atoms with van der Waals surface area (Å²) in [5.74, 6) is 1.41. The Morgan fingerprint density at radius 1 is 0.923 bits per heavy atom. The van der Waals surface area contributed by atoms with Crippen molar-refractivity contribution >= 4 is 22.5 Å². The van der Waals surface area contributed by atoms with Gasteiger partial charge in [0.1, 0.15) is 11.5 Å². The third-order valence-electron chi connectivity index (χ3n) is 8.88. The van der Waals surface area contributed by atoms with Crippen LogP contribution in [-0.2, 0) is 17.5 Å². The zero-order chi connectivity index (χ0) is 36.5. The van der Waals surface area contributed by atoms with Crippen LogP contribution in [0.25, 0.3) is 10.9 Å². The van der Waals surface area contributed by atoms with E-state index in [1.165, 1.54) is 0 Å². The minimum Gasteiger partial charge on any atom is -0.493 e. The molecule has 0 bridgehead atoms. The molecular formula is C40H40F3N3O6. The third kappa shape index (κ3) is 9.58. The summed E-state index contributed by atoms with van der Waals surface area (Å²) in [6, 6.07) is 25.5. The lowest BCUT2D eigenvalue weighted by molar-refractivity contribution is -0.153. The molecule has 4 aromatic carbocycles. The van der Waals surface area contributed by atoms with E-state index < -0.39 is 23.9 Å². The number of rotatable bonds is 15. The summed E-state index contributed by atoms with van der Waals surface area (Å²) in [5, 5.41) is 17.8. The van der Waals surface area contributed by atoms with Gasteiger partial charge in [-0.05, 0) is 79.1 Å². The van der Waals surface area contributed by atoms with Gasteiger partial charge in [0.05, 0.1) is 36.9 Å². The van der Waals surface area contributed by atoms with Crippen molar-refractivity contribution in [2.75, 3.05) is 19.0 Å². The second-order valence-corrected chi connectivity index (χ2v) is 12.5. The van der Waals surface area contributed by atoms with Crippen LogP contribution in [-0.4, -0.2) is 48.2 Å². The standard InChI is InChI=1S/C40H40F3N3O6/c1-49-36-23-32-34(24-37(36)50-22-20-33(39(48)52-30-9-5-6-10-30)45-25-26-7-3-2-4-8-26)44-21-19-35(32)51-31-17-15-29(16-18-31)46-38(47)27-11-13-28(14-12-27)40(41,42)43/h2-4,7-8,11-19,21,23-24,30,33,39,45,48H,5-6,9-10,20,22,25H2,1H3,(H,46,47). The molecule has 0 aliphatic heterocycles. The number of alkyl halides is 3. The first-order valence-electron chi connectivity index (χ1n) is 17.1. The highest BCUT2D eigenvalue weighted by Crippen LogP contribution is 2.37. The van der Waals surface area contributed by atoms with E-state index in [1.807, 2.05) is 30.3 Å². The van der Waals surface area contributed by atoms with Crippen molar-refractivity contribution in [3.05, 3.63) is 120 Å². The molecule has 1 heterocycles. The van der Waals surface area contributed by atoms with E-state index in [9.17, 15) is 23.1 Å². The number of hydrogen-bond donors (Lipinski definition) is 3. The molecule has 2 unspecified atom stereocenters. The summed E-state index contributed by atoms with van der Waals surface area (Å²) in [5.41, 5.74) is 1.42. The summed E-state index contributed by atoms with van der Waals surface area (Å²) in [6.07, 6.45) is 0.786. The monoisotopic (exact) mass is 715 g/mol. The molecule has 0 spiro atoms. The van der Waals surface area contributed by atoms with Gasteiger partial charge >= 0.3 is 6.18 Å². The van der Waals surface area contributed by atoms with Crippen LogP contribution in [0.2, 0.25) is 0 Å². The molecule has 6 rings (SSSR count). The van der Waals surface area contributed by atoms with Crippen molar-refractivity contribution in [2.24, 2.45) is 0 Å². The number of nitrogens with zero attached hydrogens (tertiary/aromatic N) is 1. The zero-order valence-electron chi connectivity index (χ0n) is 28.6. The van der Waals surface area contributed by atoms with E-state index in [4.69, 9.17) is 18.9 Å². The van der Waals surface area contributed by atoms with E-state index >= 15 is 0 Å². The van der Waals surface area contributed by atoms with Gasteiger partial charge in [0.15, 0.2) is 17.8 Å². The van der Waals surface area contributed by atoms with E-state index in [2.05, 4.69) is 15.6 Å². The predicted octanol–water partition coefficient (Wildman–Crippen LogP) is 8.51. The first-order chi connectivity index (χ1) is 25.2. The molecule has 1 fully saturated rings. The fraction of sp³-hybridized carbons (Fsp3) is 0.300. The van der Waals surface area contributed by atoms with Gasteiger partial charge in [-0.3, -0.25) is 9.78 Å². The van der Waals surface area contributed by atoms with Crippen LogP contribution in [0.5, 0.6) is 23.0 Å². The van der Waals surface area contributed by atoms with Crippen molar-refractivity contribution in [3.63, 3.8) is 0 Å². The molecule has 272 valence electrons. The second kappa shape index (κ2) is 16.9. The number of carbonyl (C=O) groups is 1. The molecule has 12 heteroatoms. The van der Waals surface area contributed by atoms with Crippen LogP contribution in [0.1, 0.15) is 53.6 Å². The lowest BCUT2D eigenvalue weighted by atomic mass is 10.1. The average Bonchev–Trinajstić information content (AvgIpc) is 3.66.